The van der Waals surface area contributed by atoms with Gasteiger partial charge < -0.3 is 20.5 Å². The zero-order chi connectivity index (χ0) is 11.7. The van der Waals surface area contributed by atoms with Crippen molar-refractivity contribution in [3.63, 3.8) is 0 Å². The Morgan fingerprint density at radius 1 is 1.18 bits per heavy atom. The minimum atomic E-state index is 0.103. The van der Waals surface area contributed by atoms with Gasteiger partial charge in [0.2, 0.25) is 6.79 Å². The highest BCUT2D eigenvalue weighted by atomic mass is 16.7. The van der Waals surface area contributed by atoms with Crippen molar-refractivity contribution in [3.05, 3.63) is 23.8 Å². The molecule has 2 aliphatic heterocycles. The number of benzene rings is 1. The fourth-order valence-corrected chi connectivity index (χ4v) is 2.60. The van der Waals surface area contributed by atoms with Gasteiger partial charge in [-0.1, -0.05) is 6.07 Å². The van der Waals surface area contributed by atoms with Crippen molar-refractivity contribution in [1.82, 2.24) is 5.32 Å². The smallest absolute Gasteiger partial charge is 0.231 e. The van der Waals surface area contributed by atoms with Crippen LogP contribution in [0.2, 0.25) is 0 Å². The lowest BCUT2D eigenvalue weighted by Gasteiger charge is -2.28. The zero-order valence-electron chi connectivity index (χ0n) is 9.82. The number of rotatable bonds is 2. The van der Waals surface area contributed by atoms with Gasteiger partial charge in [-0.15, -0.1) is 0 Å². The molecular formula is C13H18N2O2. The van der Waals surface area contributed by atoms with Crippen molar-refractivity contribution in [2.45, 2.75) is 18.9 Å². The third-order valence-corrected chi connectivity index (χ3v) is 3.67. The molecule has 2 heterocycles. The summed E-state index contributed by atoms with van der Waals surface area (Å²) in [7, 11) is 0. The molecule has 0 spiro atoms. The van der Waals surface area contributed by atoms with E-state index in [1.54, 1.807) is 0 Å². The van der Waals surface area contributed by atoms with Gasteiger partial charge in [0.25, 0.3) is 0 Å². The predicted molar refractivity (Wildman–Crippen MR) is 65.1 cm³/mol. The van der Waals surface area contributed by atoms with E-state index >= 15 is 0 Å². The predicted octanol–water partition coefficient (Wildman–Crippen LogP) is 1.41. The second-order valence-electron chi connectivity index (χ2n) is 4.73. The molecule has 92 valence electrons. The number of hydrogen-bond acceptors (Lipinski definition) is 4. The van der Waals surface area contributed by atoms with Gasteiger partial charge in [0.1, 0.15) is 0 Å². The Hall–Kier alpha value is -1.26. The topological polar surface area (TPSA) is 56.5 Å². The fourth-order valence-electron chi connectivity index (χ4n) is 2.60. The van der Waals surface area contributed by atoms with E-state index in [1.165, 1.54) is 0 Å². The lowest BCUT2D eigenvalue weighted by molar-refractivity contribution is 0.174. The van der Waals surface area contributed by atoms with E-state index in [0.717, 1.165) is 43.0 Å². The Morgan fingerprint density at radius 2 is 1.94 bits per heavy atom. The van der Waals surface area contributed by atoms with Gasteiger partial charge in [0.05, 0.1) is 0 Å². The average molecular weight is 234 g/mol. The van der Waals surface area contributed by atoms with E-state index in [-0.39, 0.29) is 6.04 Å². The largest absolute Gasteiger partial charge is 0.454 e. The molecule has 1 fully saturated rings. The lowest BCUT2D eigenvalue weighted by Crippen LogP contribution is -2.33. The molecular weight excluding hydrogens is 216 g/mol. The van der Waals surface area contributed by atoms with Crippen LogP contribution in [0.3, 0.4) is 0 Å². The summed E-state index contributed by atoms with van der Waals surface area (Å²) in [5.74, 6) is 2.22. The molecule has 1 aromatic rings. The van der Waals surface area contributed by atoms with Crippen LogP contribution in [0.1, 0.15) is 24.4 Å². The summed E-state index contributed by atoms with van der Waals surface area (Å²) < 4.78 is 10.7. The highest BCUT2D eigenvalue weighted by molar-refractivity contribution is 5.45. The highest BCUT2D eigenvalue weighted by Gasteiger charge is 2.23. The van der Waals surface area contributed by atoms with E-state index in [0.29, 0.717) is 12.7 Å². The van der Waals surface area contributed by atoms with E-state index in [2.05, 4.69) is 11.4 Å². The van der Waals surface area contributed by atoms with Crippen LogP contribution in [-0.2, 0) is 0 Å². The summed E-state index contributed by atoms with van der Waals surface area (Å²) in [6, 6.07) is 6.14. The maximum absolute atomic E-state index is 6.34. The second-order valence-corrected chi connectivity index (χ2v) is 4.73. The van der Waals surface area contributed by atoms with Crippen LogP contribution in [0.5, 0.6) is 11.5 Å². The quantitative estimate of drug-likeness (QED) is 0.812. The fraction of sp³-hybridized carbons (Fsp3) is 0.538. The monoisotopic (exact) mass is 234 g/mol. The number of hydrogen-bond donors (Lipinski definition) is 2. The van der Waals surface area contributed by atoms with Crippen LogP contribution in [0.4, 0.5) is 0 Å². The molecule has 0 bridgehead atoms. The second kappa shape index (κ2) is 4.55. The zero-order valence-corrected chi connectivity index (χ0v) is 9.82. The van der Waals surface area contributed by atoms with Crippen molar-refractivity contribution in [2.75, 3.05) is 19.9 Å². The molecule has 0 radical (unpaired) electrons. The van der Waals surface area contributed by atoms with Gasteiger partial charge in [-0.2, -0.15) is 0 Å². The van der Waals surface area contributed by atoms with Crippen LogP contribution >= 0.6 is 0 Å². The maximum Gasteiger partial charge on any atom is 0.231 e. The van der Waals surface area contributed by atoms with E-state index in [1.807, 2.05) is 12.1 Å². The normalized spacial score (nSPS) is 21.5. The van der Waals surface area contributed by atoms with Gasteiger partial charge in [0, 0.05) is 6.04 Å². The van der Waals surface area contributed by atoms with Crippen LogP contribution in [0.15, 0.2) is 18.2 Å². The standard InChI is InChI=1S/C13H18N2O2/c14-13(9-3-5-15-6-4-9)10-1-2-11-12(7-10)17-8-16-11/h1-2,7,9,13,15H,3-6,8,14H2. The Labute approximate surface area is 101 Å². The highest BCUT2D eigenvalue weighted by Crippen LogP contribution is 2.36. The summed E-state index contributed by atoms with van der Waals surface area (Å²) in [4.78, 5) is 0. The minimum absolute atomic E-state index is 0.103. The summed E-state index contributed by atoms with van der Waals surface area (Å²) in [6.07, 6.45) is 2.30. The molecule has 0 amide bonds. The first kappa shape index (κ1) is 10.9. The number of nitrogens with two attached hydrogens (primary N) is 1. The minimum Gasteiger partial charge on any atom is -0.454 e. The number of fused-ring (bicyclic) bond motifs is 1. The lowest BCUT2D eigenvalue weighted by atomic mass is 9.86. The summed E-state index contributed by atoms with van der Waals surface area (Å²) in [5, 5.41) is 3.36. The van der Waals surface area contributed by atoms with Gasteiger partial charge in [0.15, 0.2) is 11.5 Å². The van der Waals surface area contributed by atoms with Crippen LogP contribution in [-0.4, -0.2) is 19.9 Å². The summed E-state index contributed by atoms with van der Waals surface area (Å²) in [5.41, 5.74) is 7.49. The van der Waals surface area contributed by atoms with Crippen molar-refractivity contribution < 1.29 is 9.47 Å². The molecule has 3 rings (SSSR count). The van der Waals surface area contributed by atoms with E-state index in [4.69, 9.17) is 15.2 Å². The Morgan fingerprint density at radius 3 is 2.76 bits per heavy atom. The van der Waals surface area contributed by atoms with Crippen molar-refractivity contribution in [3.8, 4) is 11.5 Å². The van der Waals surface area contributed by atoms with Crippen molar-refractivity contribution >= 4 is 0 Å². The van der Waals surface area contributed by atoms with Gasteiger partial charge in [-0.25, -0.2) is 0 Å². The first-order valence-corrected chi connectivity index (χ1v) is 6.20. The van der Waals surface area contributed by atoms with Gasteiger partial charge >= 0.3 is 0 Å². The van der Waals surface area contributed by atoms with Crippen LogP contribution in [0.25, 0.3) is 0 Å². The van der Waals surface area contributed by atoms with Crippen LogP contribution < -0.4 is 20.5 Å². The molecule has 3 N–H and O–H groups in total. The summed E-state index contributed by atoms with van der Waals surface area (Å²) >= 11 is 0. The number of nitrogens with one attached hydrogen (secondary N) is 1. The van der Waals surface area contributed by atoms with Crippen molar-refractivity contribution in [1.29, 1.82) is 0 Å². The molecule has 1 aromatic carbocycles. The third kappa shape index (κ3) is 2.10. The molecule has 1 unspecified atom stereocenters. The Kier molecular flexibility index (Phi) is 2.91. The van der Waals surface area contributed by atoms with Gasteiger partial charge in [-0.05, 0) is 49.5 Å². The van der Waals surface area contributed by atoms with Crippen LogP contribution in [0, 0.1) is 5.92 Å². The Balaban J connectivity index is 1.78. The maximum atomic E-state index is 6.34. The molecule has 2 aliphatic rings. The Bertz CT molecular complexity index is 402. The SMILES string of the molecule is NC(c1ccc2c(c1)OCO2)C1CCNCC1. The molecule has 1 saturated heterocycles. The average Bonchev–Trinajstić information content (AvgIpc) is 2.86. The molecule has 1 atom stereocenters. The first-order valence-electron chi connectivity index (χ1n) is 6.20. The molecule has 0 aromatic heterocycles. The number of ether oxygens (including phenoxy) is 2. The molecule has 4 heteroatoms. The number of piperidine rings is 1. The molecule has 0 aliphatic carbocycles. The molecule has 17 heavy (non-hydrogen) atoms. The van der Waals surface area contributed by atoms with E-state index in [9.17, 15) is 0 Å². The van der Waals surface area contributed by atoms with E-state index < -0.39 is 0 Å². The van der Waals surface area contributed by atoms with Crippen molar-refractivity contribution in [2.24, 2.45) is 11.7 Å². The first-order chi connectivity index (χ1) is 8.34. The molecule has 0 saturated carbocycles. The van der Waals surface area contributed by atoms with Gasteiger partial charge in [-0.3, -0.25) is 0 Å². The third-order valence-electron chi connectivity index (χ3n) is 3.67. The summed E-state index contributed by atoms with van der Waals surface area (Å²) in [6.45, 7) is 2.47. The molecule has 4 nitrogen and oxygen atoms in total.